The van der Waals surface area contributed by atoms with Crippen LogP contribution in [0.25, 0.3) is 0 Å². The van der Waals surface area contributed by atoms with E-state index in [1.165, 1.54) is 4.90 Å². The largest absolute Gasteiger partial charge is 0.276 e. The highest BCUT2D eigenvalue weighted by Crippen LogP contribution is 2.27. The van der Waals surface area contributed by atoms with E-state index in [0.717, 1.165) is 22.3 Å². The molecule has 2 rings (SSSR count). The van der Waals surface area contributed by atoms with Gasteiger partial charge in [0.2, 0.25) is 0 Å². The second-order valence-electron chi connectivity index (χ2n) is 4.29. The Morgan fingerprint density at radius 1 is 1.42 bits per heavy atom. The summed E-state index contributed by atoms with van der Waals surface area (Å²) in [5.74, 6) is 6.52. The lowest BCUT2D eigenvalue weighted by molar-refractivity contribution is 0.564. The molecule has 0 spiro atoms. The van der Waals surface area contributed by atoms with Gasteiger partial charge in [0.05, 0.1) is 5.69 Å². The van der Waals surface area contributed by atoms with Gasteiger partial charge in [-0.05, 0) is 34.1 Å². The summed E-state index contributed by atoms with van der Waals surface area (Å²) >= 11 is 5.33. The number of nitrogens with zero attached hydrogens (tertiary/aromatic N) is 2. The molecule has 1 aromatic heterocycles. The van der Waals surface area contributed by atoms with Crippen LogP contribution in [0.1, 0.15) is 5.69 Å². The Labute approximate surface area is 125 Å². The van der Waals surface area contributed by atoms with Crippen molar-refractivity contribution in [1.82, 2.24) is 15.2 Å². The van der Waals surface area contributed by atoms with Crippen LogP contribution in [-0.4, -0.2) is 21.6 Å². The van der Waals surface area contributed by atoms with Gasteiger partial charge in [-0.25, -0.2) is 0 Å². The predicted molar refractivity (Wildman–Crippen MR) is 82.9 cm³/mol. The quantitative estimate of drug-likeness (QED) is 0.481. The first kappa shape index (κ1) is 14.6. The molecule has 3 N–H and O–H groups in total. The number of hydrogen-bond donors (Lipinski definition) is 2. The number of thioether (sulfide) groups is 1. The molecular formula is C13H17BrN4S. The second kappa shape index (κ2) is 7.09. The fourth-order valence-corrected chi connectivity index (χ4v) is 3.35. The number of hydrazine groups is 1. The minimum atomic E-state index is 0.201. The summed E-state index contributed by atoms with van der Waals surface area (Å²) in [6.45, 7) is 0. The molecule has 102 valence electrons. The van der Waals surface area contributed by atoms with Gasteiger partial charge in [-0.3, -0.25) is 16.0 Å². The number of nitrogens with two attached hydrogens (primary N) is 1. The second-order valence-corrected chi connectivity index (χ2v) is 6.21. The lowest BCUT2D eigenvalue weighted by Gasteiger charge is -2.14. The number of nitrogens with one attached hydrogen (secondary N) is 1. The van der Waals surface area contributed by atoms with E-state index in [-0.39, 0.29) is 6.04 Å². The SMILES string of the molecule is Cn1ccc(CC(CSc2ccccc2Br)NN)n1. The van der Waals surface area contributed by atoms with E-state index in [4.69, 9.17) is 5.84 Å². The number of aryl methyl sites for hydroxylation is 1. The number of halogens is 1. The summed E-state index contributed by atoms with van der Waals surface area (Å²) in [7, 11) is 1.92. The molecule has 1 atom stereocenters. The first-order valence-corrected chi connectivity index (χ1v) is 7.79. The summed E-state index contributed by atoms with van der Waals surface area (Å²) in [6.07, 6.45) is 2.78. The summed E-state index contributed by atoms with van der Waals surface area (Å²) in [6, 6.07) is 10.4. The summed E-state index contributed by atoms with van der Waals surface area (Å²) in [5, 5.41) is 4.37. The van der Waals surface area contributed by atoms with Crippen LogP contribution in [0.2, 0.25) is 0 Å². The van der Waals surface area contributed by atoms with E-state index in [9.17, 15) is 0 Å². The van der Waals surface area contributed by atoms with Crippen molar-refractivity contribution < 1.29 is 0 Å². The molecule has 2 aromatic rings. The van der Waals surface area contributed by atoms with E-state index >= 15 is 0 Å². The molecule has 0 aliphatic carbocycles. The zero-order valence-electron chi connectivity index (χ0n) is 10.7. The van der Waals surface area contributed by atoms with Gasteiger partial charge in [0.1, 0.15) is 0 Å². The zero-order valence-corrected chi connectivity index (χ0v) is 13.1. The molecule has 0 saturated carbocycles. The fourth-order valence-electron chi connectivity index (χ4n) is 1.74. The lowest BCUT2D eigenvalue weighted by Crippen LogP contribution is -2.38. The zero-order chi connectivity index (χ0) is 13.7. The standard InChI is InChI=1S/C13H17BrN4S/c1-18-7-6-10(17-18)8-11(16-15)9-19-13-5-3-2-4-12(13)14/h2-7,11,16H,8-9,15H2,1H3. The first-order chi connectivity index (χ1) is 9.19. The lowest BCUT2D eigenvalue weighted by atomic mass is 10.2. The molecule has 19 heavy (non-hydrogen) atoms. The van der Waals surface area contributed by atoms with Crippen molar-refractivity contribution in [1.29, 1.82) is 0 Å². The molecule has 0 saturated heterocycles. The normalized spacial score (nSPS) is 12.6. The van der Waals surface area contributed by atoms with E-state index < -0.39 is 0 Å². The highest BCUT2D eigenvalue weighted by Gasteiger charge is 2.11. The minimum absolute atomic E-state index is 0.201. The number of rotatable bonds is 6. The number of benzene rings is 1. The van der Waals surface area contributed by atoms with Crippen LogP contribution in [-0.2, 0) is 13.5 Å². The molecule has 0 bridgehead atoms. The summed E-state index contributed by atoms with van der Waals surface area (Å²) in [5.41, 5.74) is 3.92. The highest BCUT2D eigenvalue weighted by atomic mass is 79.9. The topological polar surface area (TPSA) is 55.9 Å². The molecule has 6 heteroatoms. The monoisotopic (exact) mass is 340 g/mol. The highest BCUT2D eigenvalue weighted by molar-refractivity contribution is 9.10. The van der Waals surface area contributed by atoms with Gasteiger partial charge in [-0.2, -0.15) is 5.10 Å². The van der Waals surface area contributed by atoms with Crippen LogP contribution in [0.4, 0.5) is 0 Å². The number of aromatic nitrogens is 2. The Hall–Kier alpha value is -0.820. The Bertz CT molecular complexity index is 529. The van der Waals surface area contributed by atoms with Crippen LogP contribution in [0, 0.1) is 0 Å². The van der Waals surface area contributed by atoms with Crippen molar-refractivity contribution in [2.24, 2.45) is 12.9 Å². The molecule has 1 unspecified atom stereocenters. The van der Waals surface area contributed by atoms with Crippen molar-refractivity contribution in [3.8, 4) is 0 Å². The maximum absolute atomic E-state index is 5.62. The van der Waals surface area contributed by atoms with Gasteiger partial charge >= 0.3 is 0 Å². The first-order valence-electron chi connectivity index (χ1n) is 6.01. The van der Waals surface area contributed by atoms with Crippen molar-refractivity contribution in [2.75, 3.05) is 5.75 Å². The van der Waals surface area contributed by atoms with Crippen LogP contribution in [0.3, 0.4) is 0 Å². The van der Waals surface area contributed by atoms with E-state index in [1.54, 1.807) is 11.8 Å². The Morgan fingerprint density at radius 2 is 2.21 bits per heavy atom. The molecule has 0 amide bonds. The van der Waals surface area contributed by atoms with Crippen LogP contribution < -0.4 is 11.3 Å². The van der Waals surface area contributed by atoms with Gasteiger partial charge < -0.3 is 0 Å². The van der Waals surface area contributed by atoms with Gasteiger partial charge in [0, 0.05) is 40.8 Å². The third-order valence-electron chi connectivity index (χ3n) is 2.74. The van der Waals surface area contributed by atoms with E-state index in [1.807, 2.05) is 42.2 Å². The summed E-state index contributed by atoms with van der Waals surface area (Å²) in [4.78, 5) is 1.23. The molecule has 0 radical (unpaired) electrons. The van der Waals surface area contributed by atoms with Crippen LogP contribution in [0.5, 0.6) is 0 Å². The average molecular weight is 341 g/mol. The Balaban J connectivity index is 1.91. The molecule has 4 nitrogen and oxygen atoms in total. The van der Waals surface area contributed by atoms with Crippen LogP contribution >= 0.6 is 27.7 Å². The van der Waals surface area contributed by atoms with Crippen molar-refractivity contribution >= 4 is 27.7 Å². The average Bonchev–Trinajstić information content (AvgIpc) is 2.81. The minimum Gasteiger partial charge on any atom is -0.276 e. The Kier molecular flexibility index (Phi) is 5.45. The van der Waals surface area contributed by atoms with E-state index in [0.29, 0.717) is 0 Å². The van der Waals surface area contributed by atoms with Gasteiger partial charge in [-0.1, -0.05) is 12.1 Å². The summed E-state index contributed by atoms with van der Waals surface area (Å²) < 4.78 is 2.93. The maximum Gasteiger partial charge on any atom is 0.0640 e. The smallest absolute Gasteiger partial charge is 0.0640 e. The molecule has 0 fully saturated rings. The third-order valence-corrected chi connectivity index (χ3v) is 4.93. The molecule has 1 aromatic carbocycles. The van der Waals surface area contributed by atoms with Gasteiger partial charge in [-0.15, -0.1) is 11.8 Å². The molecular weight excluding hydrogens is 324 g/mol. The van der Waals surface area contributed by atoms with E-state index in [2.05, 4.69) is 32.5 Å². The maximum atomic E-state index is 5.62. The fraction of sp³-hybridized carbons (Fsp3) is 0.308. The van der Waals surface area contributed by atoms with Crippen molar-refractivity contribution in [3.05, 3.63) is 46.7 Å². The van der Waals surface area contributed by atoms with Gasteiger partial charge in [0.25, 0.3) is 0 Å². The van der Waals surface area contributed by atoms with Gasteiger partial charge in [0.15, 0.2) is 0 Å². The molecule has 1 heterocycles. The Morgan fingerprint density at radius 3 is 2.84 bits per heavy atom. The van der Waals surface area contributed by atoms with Crippen molar-refractivity contribution in [3.63, 3.8) is 0 Å². The van der Waals surface area contributed by atoms with Crippen LogP contribution in [0.15, 0.2) is 45.9 Å². The molecule has 0 aliphatic heterocycles. The number of hydrogen-bond acceptors (Lipinski definition) is 4. The third kappa shape index (κ3) is 4.35. The van der Waals surface area contributed by atoms with Crippen molar-refractivity contribution in [2.45, 2.75) is 17.4 Å². The predicted octanol–water partition coefficient (Wildman–Crippen LogP) is 2.35. The molecule has 0 aliphatic rings.